The number of carbonyl (C=O) groups excluding carboxylic acids is 1. The van der Waals surface area contributed by atoms with Crippen molar-refractivity contribution >= 4 is 17.3 Å². The van der Waals surface area contributed by atoms with Crippen molar-refractivity contribution in [3.63, 3.8) is 0 Å². The van der Waals surface area contributed by atoms with Crippen LogP contribution in [0.5, 0.6) is 0 Å². The topological polar surface area (TPSA) is 45.7 Å². The number of cyclic esters (lactones) is 1. The predicted octanol–water partition coefficient (Wildman–Crippen LogP) is 6.02. The van der Waals surface area contributed by atoms with E-state index < -0.39 is 5.60 Å². The first kappa shape index (κ1) is 23.8. The molecule has 0 bridgehead atoms. The zero-order valence-corrected chi connectivity index (χ0v) is 20.8. The van der Waals surface area contributed by atoms with Gasteiger partial charge in [-0.2, -0.15) is 0 Å². The zero-order chi connectivity index (χ0) is 24.1. The molecule has 0 spiro atoms. The van der Waals surface area contributed by atoms with Gasteiger partial charge in [0.2, 0.25) is 5.60 Å². The van der Waals surface area contributed by atoms with Crippen LogP contribution in [0.15, 0.2) is 66.9 Å². The summed E-state index contributed by atoms with van der Waals surface area (Å²) in [5.74, 6) is -0.335. The minimum Gasteiger partial charge on any atom is -0.439 e. The van der Waals surface area contributed by atoms with Gasteiger partial charge >= 0.3 is 5.97 Å². The summed E-state index contributed by atoms with van der Waals surface area (Å²) in [4.78, 5) is 22.3. The maximum atomic E-state index is 13.0. The molecule has 178 valence electrons. The van der Waals surface area contributed by atoms with E-state index in [-0.39, 0.29) is 5.97 Å². The lowest BCUT2D eigenvalue weighted by atomic mass is 9.82. The molecule has 1 unspecified atom stereocenters. The summed E-state index contributed by atoms with van der Waals surface area (Å²) in [6.45, 7) is 12.6. The monoisotopic (exact) mass is 457 g/mol. The first-order valence-corrected chi connectivity index (χ1v) is 12.5. The van der Waals surface area contributed by atoms with Crippen LogP contribution < -0.4 is 9.80 Å². The average Bonchev–Trinajstić information content (AvgIpc) is 3.19. The summed E-state index contributed by atoms with van der Waals surface area (Å²) in [6.07, 6.45) is 3.93. The molecule has 2 aromatic carbocycles. The predicted molar refractivity (Wildman–Crippen MR) is 139 cm³/mol. The Balaban J connectivity index is 1.82. The fourth-order valence-corrected chi connectivity index (χ4v) is 4.96. The Morgan fingerprint density at radius 1 is 0.765 bits per heavy atom. The maximum absolute atomic E-state index is 13.0. The van der Waals surface area contributed by atoms with E-state index in [1.54, 1.807) is 18.3 Å². The number of hydrogen-bond donors (Lipinski definition) is 0. The lowest BCUT2D eigenvalue weighted by Crippen LogP contribution is -2.31. The second-order valence-electron chi connectivity index (χ2n) is 8.72. The molecule has 1 atom stereocenters. The normalized spacial score (nSPS) is 16.8. The third-order valence-corrected chi connectivity index (χ3v) is 6.64. The largest absolute Gasteiger partial charge is 0.439 e. The van der Waals surface area contributed by atoms with E-state index in [9.17, 15) is 4.79 Å². The number of rotatable bonds is 10. The van der Waals surface area contributed by atoms with Crippen molar-refractivity contribution in [2.24, 2.45) is 0 Å². The van der Waals surface area contributed by atoms with Crippen molar-refractivity contribution in [2.45, 2.75) is 46.1 Å². The number of anilines is 2. The standard InChI is InChI=1S/C29H35N3O2/c1-5-20-32(21-6-2)25-17-13-23(14-18-25)29(27-26(28(33)34-29)10-9-19-30-27)22-11-15-24(16-12-22)31(7-3)8-4/h9-19H,5-8,20-21H2,1-4H3. The number of carbonyl (C=O) groups is 1. The Bertz CT molecular complexity index is 1100. The van der Waals surface area contributed by atoms with Gasteiger partial charge in [-0.15, -0.1) is 0 Å². The SMILES string of the molecule is CCCN(CCC)c1ccc(C2(c3ccc(N(CC)CC)cc3)OC(=O)c3cccnc32)cc1. The molecule has 1 aromatic heterocycles. The van der Waals surface area contributed by atoms with Crippen LogP contribution in [0.4, 0.5) is 11.4 Å². The molecule has 0 fully saturated rings. The molecule has 0 aliphatic carbocycles. The van der Waals surface area contributed by atoms with E-state index in [1.807, 2.05) is 0 Å². The lowest BCUT2D eigenvalue weighted by molar-refractivity contribution is 0.0243. The van der Waals surface area contributed by atoms with Crippen LogP contribution in [0.3, 0.4) is 0 Å². The van der Waals surface area contributed by atoms with Crippen molar-refractivity contribution in [1.82, 2.24) is 4.98 Å². The molecule has 1 aliphatic heterocycles. The van der Waals surface area contributed by atoms with Crippen LogP contribution in [0, 0.1) is 0 Å². The van der Waals surface area contributed by atoms with Gasteiger partial charge in [-0.1, -0.05) is 38.1 Å². The first-order valence-electron chi connectivity index (χ1n) is 12.5. The summed E-state index contributed by atoms with van der Waals surface area (Å²) in [5, 5.41) is 0. The average molecular weight is 458 g/mol. The molecule has 2 heterocycles. The molecule has 34 heavy (non-hydrogen) atoms. The molecule has 0 amide bonds. The molecule has 0 radical (unpaired) electrons. The zero-order valence-electron chi connectivity index (χ0n) is 20.8. The highest BCUT2D eigenvalue weighted by molar-refractivity contribution is 5.95. The van der Waals surface area contributed by atoms with Gasteiger partial charge in [-0.25, -0.2) is 4.79 Å². The van der Waals surface area contributed by atoms with Crippen molar-refractivity contribution in [3.8, 4) is 0 Å². The second-order valence-corrected chi connectivity index (χ2v) is 8.72. The third-order valence-electron chi connectivity index (χ3n) is 6.64. The van der Waals surface area contributed by atoms with Crippen LogP contribution in [0.2, 0.25) is 0 Å². The highest BCUT2D eigenvalue weighted by atomic mass is 16.6. The van der Waals surface area contributed by atoms with E-state index in [1.165, 1.54) is 5.69 Å². The first-order chi connectivity index (χ1) is 16.6. The van der Waals surface area contributed by atoms with Crippen molar-refractivity contribution in [2.75, 3.05) is 36.0 Å². The highest BCUT2D eigenvalue weighted by Gasteiger charge is 2.50. The summed E-state index contributed by atoms with van der Waals surface area (Å²) < 4.78 is 6.21. The maximum Gasteiger partial charge on any atom is 0.341 e. The van der Waals surface area contributed by atoms with Gasteiger partial charge in [0.25, 0.3) is 0 Å². The molecule has 0 N–H and O–H groups in total. The number of nitrogens with zero attached hydrogens (tertiary/aromatic N) is 3. The number of aromatic nitrogens is 1. The molecule has 1 aliphatic rings. The fraction of sp³-hybridized carbons (Fsp3) is 0.379. The van der Waals surface area contributed by atoms with Gasteiger partial charge in [-0.05, 0) is 63.1 Å². The summed E-state index contributed by atoms with van der Waals surface area (Å²) >= 11 is 0. The Labute approximate surface area is 203 Å². The van der Waals surface area contributed by atoms with Crippen LogP contribution >= 0.6 is 0 Å². The molecule has 5 nitrogen and oxygen atoms in total. The highest BCUT2D eigenvalue weighted by Crippen LogP contribution is 2.46. The minimum absolute atomic E-state index is 0.335. The van der Waals surface area contributed by atoms with Gasteiger partial charge < -0.3 is 14.5 Å². The van der Waals surface area contributed by atoms with Gasteiger partial charge in [0.05, 0.1) is 5.56 Å². The Morgan fingerprint density at radius 2 is 1.29 bits per heavy atom. The molecule has 4 rings (SSSR count). The summed E-state index contributed by atoms with van der Waals surface area (Å²) in [5.41, 5.74) is 4.27. The van der Waals surface area contributed by atoms with Crippen LogP contribution in [0.25, 0.3) is 0 Å². The fourth-order valence-electron chi connectivity index (χ4n) is 4.96. The molecule has 3 aromatic rings. The van der Waals surface area contributed by atoms with Gasteiger partial charge in [0, 0.05) is 54.9 Å². The molecular weight excluding hydrogens is 422 g/mol. The molecule has 0 saturated carbocycles. The number of fused-ring (bicyclic) bond motifs is 1. The molecule has 5 heteroatoms. The summed E-state index contributed by atoms with van der Waals surface area (Å²) in [7, 11) is 0. The van der Waals surface area contributed by atoms with E-state index in [4.69, 9.17) is 4.74 Å². The third kappa shape index (κ3) is 4.15. The lowest BCUT2D eigenvalue weighted by Gasteiger charge is -2.31. The Kier molecular flexibility index (Phi) is 7.20. The van der Waals surface area contributed by atoms with Crippen molar-refractivity contribution in [1.29, 1.82) is 0 Å². The number of ether oxygens (including phenoxy) is 1. The molecular formula is C29H35N3O2. The van der Waals surface area contributed by atoms with Gasteiger partial charge in [-0.3, -0.25) is 4.98 Å². The van der Waals surface area contributed by atoms with E-state index in [2.05, 4.69) is 91.0 Å². The second kappa shape index (κ2) is 10.3. The van der Waals surface area contributed by atoms with E-state index >= 15 is 0 Å². The number of hydrogen-bond acceptors (Lipinski definition) is 5. The number of benzene rings is 2. The van der Waals surface area contributed by atoms with Crippen molar-refractivity contribution in [3.05, 3.63) is 89.2 Å². The van der Waals surface area contributed by atoms with Gasteiger partial charge in [0.15, 0.2) is 0 Å². The summed E-state index contributed by atoms with van der Waals surface area (Å²) in [6, 6.07) is 20.4. The number of pyridine rings is 1. The Hall–Kier alpha value is -3.34. The Morgan fingerprint density at radius 3 is 1.79 bits per heavy atom. The minimum atomic E-state index is -1.06. The van der Waals surface area contributed by atoms with Crippen LogP contribution in [0.1, 0.15) is 67.7 Å². The van der Waals surface area contributed by atoms with Gasteiger partial charge in [0.1, 0.15) is 5.69 Å². The van der Waals surface area contributed by atoms with Crippen molar-refractivity contribution < 1.29 is 9.53 Å². The quantitative estimate of drug-likeness (QED) is 0.349. The van der Waals surface area contributed by atoms with E-state index in [0.717, 1.165) is 55.8 Å². The number of esters is 1. The van der Waals surface area contributed by atoms with Crippen LogP contribution in [-0.4, -0.2) is 37.1 Å². The van der Waals surface area contributed by atoms with E-state index in [0.29, 0.717) is 11.3 Å². The molecule has 0 saturated heterocycles. The smallest absolute Gasteiger partial charge is 0.341 e. The van der Waals surface area contributed by atoms with Crippen LogP contribution in [-0.2, 0) is 10.3 Å².